The monoisotopic (exact) mass is 659 g/mol. The molecule has 2 aromatic rings. The third kappa shape index (κ3) is 6.98. The largest absolute Gasteiger partial charge is 0.481 e. The highest BCUT2D eigenvalue weighted by atomic mass is 19.1. The third-order valence-electron chi connectivity index (χ3n) is 10.5. The lowest BCUT2D eigenvalue weighted by atomic mass is 9.87. The molecule has 4 aliphatic rings. The Hall–Kier alpha value is -4.21. The van der Waals surface area contributed by atoms with E-state index in [1.165, 1.54) is 15.9 Å². The van der Waals surface area contributed by atoms with Crippen LogP contribution in [-0.2, 0) is 37.6 Å². The molecular formula is C38H46FN3O6. The van der Waals surface area contributed by atoms with Crippen molar-refractivity contribution in [2.24, 2.45) is 11.3 Å². The molecule has 2 N–H and O–H groups in total. The van der Waals surface area contributed by atoms with E-state index in [0.29, 0.717) is 24.0 Å². The van der Waals surface area contributed by atoms with E-state index < -0.39 is 35.7 Å². The first-order chi connectivity index (χ1) is 22.9. The molecule has 9 nitrogen and oxygen atoms in total. The van der Waals surface area contributed by atoms with Crippen molar-refractivity contribution in [1.29, 1.82) is 0 Å². The van der Waals surface area contributed by atoms with Crippen LogP contribution in [0.2, 0.25) is 0 Å². The van der Waals surface area contributed by atoms with E-state index in [1.807, 2.05) is 30.4 Å². The van der Waals surface area contributed by atoms with E-state index >= 15 is 0 Å². The molecule has 5 atom stereocenters. The number of hydrogen-bond acceptors (Lipinski definition) is 6. The highest BCUT2D eigenvalue weighted by Crippen LogP contribution is 2.57. The number of anilines is 1. The van der Waals surface area contributed by atoms with Crippen LogP contribution < -0.4 is 5.32 Å². The molecule has 1 saturated heterocycles. The first kappa shape index (κ1) is 33.7. The molecule has 0 radical (unpaired) electrons. The molecule has 10 heteroatoms. The fourth-order valence-corrected chi connectivity index (χ4v) is 7.48. The average molecular weight is 660 g/mol. The highest BCUT2D eigenvalue weighted by molar-refractivity contribution is 5.96. The van der Waals surface area contributed by atoms with Gasteiger partial charge in [-0.3, -0.25) is 19.3 Å². The lowest BCUT2D eigenvalue weighted by molar-refractivity contribution is -0.147. The highest BCUT2D eigenvalue weighted by Gasteiger charge is 2.61. The van der Waals surface area contributed by atoms with Gasteiger partial charge >= 0.3 is 12.1 Å². The van der Waals surface area contributed by atoms with Crippen molar-refractivity contribution in [2.75, 3.05) is 11.9 Å². The van der Waals surface area contributed by atoms with Gasteiger partial charge in [0.1, 0.15) is 18.0 Å². The quantitative estimate of drug-likeness (QED) is 0.356. The number of benzene rings is 2. The molecular weight excluding hydrogens is 613 g/mol. The smallest absolute Gasteiger partial charge is 0.410 e. The number of carboxylic acids is 1. The molecule has 2 fully saturated rings. The summed E-state index contributed by atoms with van der Waals surface area (Å²) in [5, 5.41) is 13.7. The van der Waals surface area contributed by atoms with Gasteiger partial charge in [0, 0.05) is 30.6 Å². The number of nitrogens with one attached hydrogen (secondary N) is 1. The summed E-state index contributed by atoms with van der Waals surface area (Å²) in [5.74, 6) is -2.22. The van der Waals surface area contributed by atoms with Gasteiger partial charge in [0.15, 0.2) is 5.78 Å². The Morgan fingerprint density at radius 2 is 1.85 bits per heavy atom. The minimum atomic E-state index is -1.19. The zero-order chi connectivity index (χ0) is 34.2. The fraction of sp³-hybridized carbons (Fsp3) is 0.526. The SMILES string of the molecule is CC(C)(C)c1cccc(N[C@H]2CCCCC/C=C\[C@H]3C[C@@]3(C(=O)O)CC(=O)[C@@H]3C[C@@H](OC(=O)N4Cc5cccc(F)c5C4)CN3C2=O)c1. The number of nitrogens with zero attached hydrogens (tertiary/aromatic N) is 2. The summed E-state index contributed by atoms with van der Waals surface area (Å²) in [6.07, 6.45) is 6.77. The van der Waals surface area contributed by atoms with Crippen LogP contribution in [0.15, 0.2) is 54.6 Å². The maximum atomic E-state index is 14.5. The Kier molecular flexibility index (Phi) is 9.37. The first-order valence-electron chi connectivity index (χ1n) is 17.2. The minimum absolute atomic E-state index is 0.0136. The van der Waals surface area contributed by atoms with Crippen LogP contribution >= 0.6 is 0 Å². The predicted molar refractivity (Wildman–Crippen MR) is 179 cm³/mol. The normalized spacial score (nSPS) is 28.4. The Bertz CT molecular complexity index is 1620. The zero-order valence-corrected chi connectivity index (χ0v) is 28.0. The van der Waals surface area contributed by atoms with Gasteiger partial charge in [0.2, 0.25) is 5.91 Å². The molecule has 1 aliphatic carbocycles. The van der Waals surface area contributed by atoms with E-state index in [2.05, 4.69) is 32.2 Å². The first-order valence-corrected chi connectivity index (χ1v) is 17.2. The van der Waals surface area contributed by atoms with Crippen molar-refractivity contribution in [3.8, 4) is 0 Å². The standard InChI is InChI=1S/C38H46FN3O6/c1-37(2,3)25-13-10-14-27(17-25)40-31-16-8-6-4-5-7-12-26-19-38(26,35(45)46)20-33(43)32-18-28(22-42(32)34(31)44)48-36(47)41-21-24-11-9-15-30(39)29(24)23-41/h7,9-15,17,26,28,31-32,40H,4-6,8,16,18-23H2,1-3H3,(H,45,46)/b12-7-/t26-,28+,31-,32-,38+/m0/s1. The summed E-state index contributed by atoms with van der Waals surface area (Å²) < 4.78 is 20.3. The number of ketones is 1. The van der Waals surface area contributed by atoms with Crippen LogP contribution in [-0.4, -0.2) is 63.4 Å². The van der Waals surface area contributed by atoms with E-state index in [-0.39, 0.29) is 61.3 Å². The second kappa shape index (κ2) is 13.4. The second-order valence-corrected chi connectivity index (χ2v) is 15.0. The Balaban J connectivity index is 1.25. The van der Waals surface area contributed by atoms with Crippen LogP contribution in [0.1, 0.15) is 88.8 Å². The number of amides is 2. The summed E-state index contributed by atoms with van der Waals surface area (Å²) in [7, 11) is 0. The molecule has 0 aromatic heterocycles. The number of carboxylic acid groups (broad SMARTS) is 1. The number of carbonyl (C=O) groups excluding carboxylic acids is 3. The number of rotatable bonds is 4. The van der Waals surface area contributed by atoms with Gasteiger partial charge in [0.25, 0.3) is 0 Å². The lowest BCUT2D eigenvalue weighted by Gasteiger charge is -2.30. The lowest BCUT2D eigenvalue weighted by Crippen LogP contribution is -2.48. The zero-order valence-electron chi connectivity index (χ0n) is 28.0. The van der Waals surface area contributed by atoms with Crippen LogP contribution in [0.25, 0.3) is 0 Å². The predicted octanol–water partition coefficient (Wildman–Crippen LogP) is 6.60. The van der Waals surface area contributed by atoms with Gasteiger partial charge in [-0.1, -0.05) is 70.0 Å². The van der Waals surface area contributed by atoms with Crippen LogP contribution in [0.3, 0.4) is 0 Å². The number of Topliss-reactive ketones (excluding diaryl/α,β-unsaturated/α-hetero) is 1. The van der Waals surface area contributed by atoms with Crippen LogP contribution in [0, 0.1) is 17.2 Å². The second-order valence-electron chi connectivity index (χ2n) is 15.0. The van der Waals surface area contributed by atoms with Gasteiger partial charge in [-0.15, -0.1) is 0 Å². The van der Waals surface area contributed by atoms with Gasteiger partial charge < -0.3 is 20.1 Å². The van der Waals surface area contributed by atoms with Crippen molar-refractivity contribution in [2.45, 2.75) is 109 Å². The number of allylic oxidation sites excluding steroid dienone is 2. The topological polar surface area (TPSA) is 116 Å². The number of fused-ring (bicyclic) bond motifs is 3. The minimum Gasteiger partial charge on any atom is -0.481 e. The van der Waals surface area contributed by atoms with Crippen molar-refractivity contribution < 1.29 is 33.4 Å². The number of hydrogen-bond donors (Lipinski definition) is 2. The molecule has 6 rings (SSSR count). The van der Waals surface area contributed by atoms with Crippen molar-refractivity contribution in [1.82, 2.24) is 9.80 Å². The van der Waals surface area contributed by atoms with Gasteiger partial charge in [-0.05, 0) is 66.3 Å². The molecule has 0 spiro atoms. The molecule has 0 unspecified atom stereocenters. The van der Waals surface area contributed by atoms with Crippen molar-refractivity contribution in [3.05, 3.63) is 77.1 Å². The van der Waals surface area contributed by atoms with Gasteiger partial charge in [-0.2, -0.15) is 0 Å². The molecule has 48 heavy (non-hydrogen) atoms. The average Bonchev–Trinajstić information content (AvgIpc) is 3.34. The third-order valence-corrected chi connectivity index (χ3v) is 10.5. The molecule has 0 bridgehead atoms. The maximum absolute atomic E-state index is 14.5. The molecule has 256 valence electrons. The van der Waals surface area contributed by atoms with Crippen molar-refractivity contribution >= 4 is 29.4 Å². The van der Waals surface area contributed by atoms with Crippen LogP contribution in [0.5, 0.6) is 0 Å². The van der Waals surface area contributed by atoms with Crippen molar-refractivity contribution in [3.63, 3.8) is 0 Å². The fourth-order valence-electron chi connectivity index (χ4n) is 7.48. The molecule has 3 aliphatic heterocycles. The number of carbonyl (C=O) groups is 4. The van der Waals surface area contributed by atoms with E-state index in [1.54, 1.807) is 12.1 Å². The summed E-state index contributed by atoms with van der Waals surface area (Å²) in [6.45, 7) is 6.68. The summed E-state index contributed by atoms with van der Waals surface area (Å²) in [5.41, 5.74) is 1.81. The van der Waals surface area contributed by atoms with E-state index in [9.17, 15) is 28.7 Å². The Morgan fingerprint density at radius 3 is 2.60 bits per heavy atom. The number of aliphatic carboxylic acids is 1. The van der Waals surface area contributed by atoms with E-state index in [0.717, 1.165) is 36.9 Å². The number of ether oxygens (including phenoxy) is 1. The van der Waals surface area contributed by atoms with Gasteiger partial charge in [-0.25, -0.2) is 9.18 Å². The molecule has 3 heterocycles. The van der Waals surface area contributed by atoms with Crippen LogP contribution in [0.4, 0.5) is 14.9 Å². The molecule has 2 aromatic carbocycles. The number of halogens is 1. The summed E-state index contributed by atoms with van der Waals surface area (Å²) >= 11 is 0. The van der Waals surface area contributed by atoms with E-state index in [4.69, 9.17) is 4.74 Å². The Morgan fingerprint density at radius 1 is 1.06 bits per heavy atom. The summed E-state index contributed by atoms with van der Waals surface area (Å²) in [6, 6.07) is 11.2. The molecule has 1 saturated carbocycles. The van der Waals surface area contributed by atoms with Gasteiger partial charge in [0.05, 0.1) is 24.5 Å². The molecule has 2 amide bonds. The Labute approximate surface area is 281 Å². The maximum Gasteiger partial charge on any atom is 0.410 e. The summed E-state index contributed by atoms with van der Waals surface area (Å²) in [4.78, 5) is 57.2.